The predicted molar refractivity (Wildman–Crippen MR) is 83.9 cm³/mol. The van der Waals surface area contributed by atoms with Gasteiger partial charge in [0.05, 0.1) is 18.6 Å². The van der Waals surface area contributed by atoms with Crippen molar-refractivity contribution in [3.05, 3.63) is 12.7 Å². The van der Waals surface area contributed by atoms with Crippen molar-refractivity contribution >= 4 is 11.9 Å². The smallest absolute Gasteiger partial charge is 0.309 e. The molecule has 0 spiro atoms. The summed E-state index contributed by atoms with van der Waals surface area (Å²) < 4.78 is 10.3. The van der Waals surface area contributed by atoms with Gasteiger partial charge in [0.15, 0.2) is 0 Å². The second kappa shape index (κ2) is 12.4. The molecule has 4 heteroatoms. The highest BCUT2D eigenvalue weighted by Gasteiger charge is 2.17. The Hall–Kier alpha value is -1.32. The fourth-order valence-corrected chi connectivity index (χ4v) is 1.97. The van der Waals surface area contributed by atoms with Crippen molar-refractivity contribution in [1.82, 2.24) is 0 Å². The zero-order valence-corrected chi connectivity index (χ0v) is 13.7. The molecule has 21 heavy (non-hydrogen) atoms. The Morgan fingerprint density at radius 2 is 1.90 bits per heavy atom. The topological polar surface area (TPSA) is 52.6 Å². The molecule has 122 valence electrons. The molecule has 0 radical (unpaired) electrons. The van der Waals surface area contributed by atoms with Crippen molar-refractivity contribution in [2.75, 3.05) is 6.61 Å². The highest BCUT2D eigenvalue weighted by Crippen LogP contribution is 2.15. The van der Waals surface area contributed by atoms with E-state index >= 15 is 0 Å². The molecule has 0 aromatic carbocycles. The molecule has 0 N–H and O–H groups in total. The third kappa shape index (κ3) is 11.1. The molecule has 0 aliphatic carbocycles. The fourth-order valence-electron chi connectivity index (χ4n) is 1.97. The summed E-state index contributed by atoms with van der Waals surface area (Å²) in [7, 11) is 0. The lowest BCUT2D eigenvalue weighted by molar-refractivity contribution is -0.149. The molecule has 4 nitrogen and oxygen atoms in total. The van der Waals surface area contributed by atoms with E-state index in [1.54, 1.807) is 6.08 Å². The molecule has 0 saturated carbocycles. The Morgan fingerprint density at radius 3 is 2.48 bits per heavy atom. The van der Waals surface area contributed by atoms with E-state index in [-0.39, 0.29) is 24.0 Å². The Morgan fingerprint density at radius 1 is 1.19 bits per heavy atom. The lowest BCUT2D eigenvalue weighted by Gasteiger charge is -2.14. The summed E-state index contributed by atoms with van der Waals surface area (Å²) in [5.41, 5.74) is 0. The van der Waals surface area contributed by atoms with Crippen LogP contribution in [-0.2, 0) is 19.1 Å². The third-order valence-corrected chi connectivity index (χ3v) is 3.08. The van der Waals surface area contributed by atoms with Crippen LogP contribution in [0.4, 0.5) is 0 Å². The van der Waals surface area contributed by atoms with E-state index in [4.69, 9.17) is 9.47 Å². The molecule has 0 aromatic heterocycles. The molecule has 0 aromatic rings. The van der Waals surface area contributed by atoms with Crippen LogP contribution in [-0.4, -0.2) is 24.6 Å². The maximum atomic E-state index is 11.9. The Labute approximate surface area is 128 Å². The summed E-state index contributed by atoms with van der Waals surface area (Å²) >= 11 is 0. The summed E-state index contributed by atoms with van der Waals surface area (Å²) in [6.45, 7) is 9.81. The van der Waals surface area contributed by atoms with Gasteiger partial charge in [0.2, 0.25) is 0 Å². The van der Waals surface area contributed by atoms with Crippen LogP contribution >= 0.6 is 0 Å². The summed E-state index contributed by atoms with van der Waals surface area (Å²) in [4.78, 5) is 23.2. The Kier molecular flexibility index (Phi) is 11.6. The van der Waals surface area contributed by atoms with Gasteiger partial charge in [-0.2, -0.15) is 0 Å². The summed E-state index contributed by atoms with van der Waals surface area (Å²) in [5.74, 6) is -0.412. The van der Waals surface area contributed by atoms with E-state index in [1.165, 1.54) is 0 Å². The van der Waals surface area contributed by atoms with Crippen LogP contribution in [0.15, 0.2) is 12.7 Å². The second-order valence-corrected chi connectivity index (χ2v) is 5.53. The van der Waals surface area contributed by atoms with Crippen LogP contribution < -0.4 is 0 Å². The van der Waals surface area contributed by atoms with Gasteiger partial charge >= 0.3 is 11.9 Å². The van der Waals surface area contributed by atoms with Crippen LogP contribution in [0.1, 0.15) is 65.7 Å². The van der Waals surface area contributed by atoms with E-state index < -0.39 is 0 Å². The standard InChI is InChI=1S/C17H30O4/c1-5-7-11-15(10-6-2)17(19)20-13-9-8-12-16(18)21-14(3)4/h6,14-15H,2,5,7-13H2,1,3-4H3. The maximum Gasteiger partial charge on any atom is 0.309 e. The first-order chi connectivity index (χ1) is 10.0. The number of carbonyl (C=O) groups is 2. The third-order valence-electron chi connectivity index (χ3n) is 3.08. The molecule has 0 aliphatic heterocycles. The molecule has 0 fully saturated rings. The second-order valence-electron chi connectivity index (χ2n) is 5.53. The van der Waals surface area contributed by atoms with Crippen LogP contribution in [0.25, 0.3) is 0 Å². The highest BCUT2D eigenvalue weighted by molar-refractivity contribution is 5.72. The minimum atomic E-state index is -0.191. The molecule has 0 aliphatic rings. The van der Waals surface area contributed by atoms with E-state index in [0.29, 0.717) is 32.3 Å². The number of rotatable bonds is 12. The minimum Gasteiger partial charge on any atom is -0.465 e. The predicted octanol–water partition coefficient (Wildman–Crippen LogP) is 4.03. The van der Waals surface area contributed by atoms with Crippen LogP contribution in [0, 0.1) is 5.92 Å². The number of hydrogen-bond acceptors (Lipinski definition) is 4. The van der Waals surface area contributed by atoms with Gasteiger partial charge in [-0.3, -0.25) is 9.59 Å². The molecule has 1 unspecified atom stereocenters. The summed E-state index contributed by atoms with van der Waals surface area (Å²) in [6.07, 6.45) is 7.04. The molecule has 0 saturated heterocycles. The SMILES string of the molecule is C=CCC(CCCC)C(=O)OCCCCC(=O)OC(C)C. The number of esters is 2. The first kappa shape index (κ1) is 19.7. The van der Waals surface area contributed by atoms with Gasteiger partial charge < -0.3 is 9.47 Å². The van der Waals surface area contributed by atoms with Crippen molar-refractivity contribution in [2.24, 2.45) is 5.92 Å². The summed E-state index contributed by atoms with van der Waals surface area (Å²) in [6, 6.07) is 0. The molecule has 0 rings (SSSR count). The normalized spacial score (nSPS) is 12.0. The van der Waals surface area contributed by atoms with Crippen LogP contribution in [0.5, 0.6) is 0 Å². The lowest BCUT2D eigenvalue weighted by Crippen LogP contribution is -2.18. The average molecular weight is 298 g/mol. The van der Waals surface area contributed by atoms with Gasteiger partial charge in [0, 0.05) is 6.42 Å². The fraction of sp³-hybridized carbons (Fsp3) is 0.765. The average Bonchev–Trinajstić information content (AvgIpc) is 2.42. The molecular weight excluding hydrogens is 268 g/mol. The Balaban J connectivity index is 3.80. The van der Waals surface area contributed by atoms with E-state index in [2.05, 4.69) is 13.5 Å². The van der Waals surface area contributed by atoms with Crippen molar-refractivity contribution in [3.8, 4) is 0 Å². The quantitative estimate of drug-likeness (QED) is 0.310. The number of unbranched alkanes of at least 4 members (excludes halogenated alkanes) is 2. The number of hydrogen-bond donors (Lipinski definition) is 0. The van der Waals surface area contributed by atoms with E-state index in [0.717, 1.165) is 19.3 Å². The monoisotopic (exact) mass is 298 g/mol. The summed E-state index contributed by atoms with van der Waals surface area (Å²) in [5, 5.41) is 0. The lowest BCUT2D eigenvalue weighted by atomic mass is 9.99. The van der Waals surface area contributed by atoms with Gasteiger partial charge in [-0.1, -0.05) is 25.8 Å². The van der Waals surface area contributed by atoms with Crippen molar-refractivity contribution in [2.45, 2.75) is 71.8 Å². The van der Waals surface area contributed by atoms with Crippen molar-refractivity contribution in [1.29, 1.82) is 0 Å². The first-order valence-electron chi connectivity index (χ1n) is 7.98. The van der Waals surface area contributed by atoms with Crippen molar-refractivity contribution < 1.29 is 19.1 Å². The first-order valence-corrected chi connectivity index (χ1v) is 7.98. The zero-order chi connectivity index (χ0) is 16.1. The zero-order valence-electron chi connectivity index (χ0n) is 13.7. The van der Waals surface area contributed by atoms with Gasteiger partial charge in [0.1, 0.15) is 0 Å². The van der Waals surface area contributed by atoms with Crippen LogP contribution in [0.2, 0.25) is 0 Å². The van der Waals surface area contributed by atoms with Crippen LogP contribution in [0.3, 0.4) is 0 Å². The minimum absolute atomic E-state index is 0.0754. The molecular formula is C17H30O4. The van der Waals surface area contributed by atoms with Gasteiger partial charge in [-0.25, -0.2) is 0 Å². The molecule has 0 bridgehead atoms. The molecule has 0 heterocycles. The largest absolute Gasteiger partial charge is 0.465 e. The Bertz CT molecular complexity index is 310. The van der Waals surface area contributed by atoms with Gasteiger partial charge in [-0.05, 0) is 39.5 Å². The molecule has 1 atom stereocenters. The van der Waals surface area contributed by atoms with E-state index in [1.807, 2.05) is 13.8 Å². The highest BCUT2D eigenvalue weighted by atomic mass is 16.5. The number of ether oxygens (including phenoxy) is 2. The van der Waals surface area contributed by atoms with E-state index in [9.17, 15) is 9.59 Å². The van der Waals surface area contributed by atoms with Gasteiger partial charge in [0.25, 0.3) is 0 Å². The van der Waals surface area contributed by atoms with Gasteiger partial charge in [-0.15, -0.1) is 6.58 Å². The van der Waals surface area contributed by atoms with Crippen molar-refractivity contribution in [3.63, 3.8) is 0 Å². The number of allylic oxidation sites excluding steroid dienone is 1. The number of carbonyl (C=O) groups excluding carboxylic acids is 2. The molecule has 0 amide bonds. The maximum absolute atomic E-state index is 11.9.